The Bertz CT molecular complexity index is 1140. The normalized spacial score (nSPS) is 16.2. The van der Waals surface area contributed by atoms with Crippen LogP contribution in [0.3, 0.4) is 0 Å². The summed E-state index contributed by atoms with van der Waals surface area (Å²) >= 11 is 5.52. The van der Waals surface area contributed by atoms with Gasteiger partial charge in [-0.3, -0.25) is 0 Å². The van der Waals surface area contributed by atoms with Gasteiger partial charge >= 0.3 is 0 Å². The molecule has 0 fully saturated rings. The first-order valence-electron chi connectivity index (χ1n) is 8.77. The molecule has 0 unspecified atom stereocenters. The lowest BCUT2D eigenvalue weighted by Gasteiger charge is -2.41. The molecule has 0 aliphatic carbocycles. The highest BCUT2D eigenvalue weighted by Crippen LogP contribution is 2.45. The second-order valence-electron chi connectivity index (χ2n) is 7.54. The van der Waals surface area contributed by atoms with Crippen LogP contribution in [0.1, 0.15) is 24.3 Å². The summed E-state index contributed by atoms with van der Waals surface area (Å²) in [4.78, 5) is 3.99. The summed E-state index contributed by atoms with van der Waals surface area (Å²) in [5, 5.41) is 11.5. The fourth-order valence-electron chi connectivity index (χ4n) is 4.70. The highest BCUT2D eigenvalue weighted by Gasteiger charge is 2.47. The minimum Gasteiger partial charge on any atom is -0.309 e. The molecule has 0 bridgehead atoms. The van der Waals surface area contributed by atoms with Crippen LogP contribution >= 0.6 is 34.0 Å². The molecule has 0 radical (unpaired) electrons. The van der Waals surface area contributed by atoms with Gasteiger partial charge < -0.3 is 4.90 Å². The summed E-state index contributed by atoms with van der Waals surface area (Å²) in [5.74, 6) is 0. The molecule has 0 spiro atoms. The molecule has 4 aromatic rings. The third kappa shape index (κ3) is 1.76. The Labute approximate surface area is 165 Å². The molecule has 5 heteroatoms. The van der Waals surface area contributed by atoms with Gasteiger partial charge in [-0.1, -0.05) is 43.6 Å². The van der Waals surface area contributed by atoms with Crippen molar-refractivity contribution in [3.05, 3.63) is 67.7 Å². The molecule has 1 nitrogen and oxygen atoms in total. The minimum absolute atomic E-state index is 0.0547. The number of benzene rings is 1. The van der Waals surface area contributed by atoms with Crippen LogP contribution in [0.15, 0.2) is 57.2 Å². The Morgan fingerprint density at radius 2 is 1.77 bits per heavy atom. The summed E-state index contributed by atoms with van der Waals surface area (Å²) in [7, 11) is 0. The summed E-state index contributed by atoms with van der Waals surface area (Å²) in [6.07, 6.45) is 0. The standard InChI is InChI=1S/C21H16BNS3/c1-21(2)14-5-3-4-6-15(14)22-16-10-25-11-17(16)23(13-7-8-24-9-13)18-12-26-20(21)19(18)22/h3-12H,1-2H3. The van der Waals surface area contributed by atoms with E-state index in [-0.39, 0.29) is 5.41 Å². The first-order valence-corrected chi connectivity index (χ1v) is 11.5. The largest absolute Gasteiger partial charge is 0.309 e. The van der Waals surface area contributed by atoms with Crippen LogP contribution in [0.5, 0.6) is 0 Å². The first kappa shape index (κ1) is 15.3. The van der Waals surface area contributed by atoms with Crippen molar-refractivity contribution in [2.75, 3.05) is 4.90 Å². The van der Waals surface area contributed by atoms with E-state index < -0.39 is 0 Å². The number of thiophene rings is 3. The maximum atomic E-state index is 2.47. The Morgan fingerprint density at radius 3 is 2.62 bits per heavy atom. The van der Waals surface area contributed by atoms with Crippen LogP contribution in [-0.4, -0.2) is 6.71 Å². The molecule has 3 aromatic heterocycles. The Balaban J connectivity index is 1.72. The second kappa shape index (κ2) is 5.13. The maximum Gasteiger partial charge on any atom is 0.249 e. The summed E-state index contributed by atoms with van der Waals surface area (Å²) in [6, 6.07) is 11.3. The molecule has 0 N–H and O–H groups in total. The van der Waals surface area contributed by atoms with Crippen molar-refractivity contribution in [1.82, 2.24) is 0 Å². The van der Waals surface area contributed by atoms with Gasteiger partial charge in [-0.25, -0.2) is 0 Å². The van der Waals surface area contributed by atoms with E-state index in [1.54, 1.807) is 11.3 Å². The van der Waals surface area contributed by atoms with E-state index in [4.69, 9.17) is 0 Å². The Hall–Kier alpha value is -1.82. The molecule has 26 heavy (non-hydrogen) atoms. The van der Waals surface area contributed by atoms with Gasteiger partial charge in [0.05, 0.1) is 17.1 Å². The van der Waals surface area contributed by atoms with Crippen molar-refractivity contribution in [2.45, 2.75) is 19.3 Å². The van der Waals surface area contributed by atoms with Crippen LogP contribution < -0.4 is 21.3 Å². The molecule has 0 atom stereocenters. The van der Waals surface area contributed by atoms with Crippen molar-refractivity contribution in [1.29, 1.82) is 0 Å². The maximum absolute atomic E-state index is 2.47. The van der Waals surface area contributed by atoms with Crippen LogP contribution in [0, 0.1) is 0 Å². The highest BCUT2D eigenvalue weighted by molar-refractivity contribution is 7.17. The molecular formula is C21H16BNS3. The van der Waals surface area contributed by atoms with Crippen LogP contribution in [0.2, 0.25) is 0 Å². The molecule has 0 saturated carbocycles. The molecule has 2 aliphatic rings. The van der Waals surface area contributed by atoms with Crippen molar-refractivity contribution in [3.8, 4) is 0 Å². The van der Waals surface area contributed by atoms with Gasteiger partial charge in [-0.15, -0.1) is 11.3 Å². The fraction of sp³-hybridized carbons (Fsp3) is 0.143. The quantitative estimate of drug-likeness (QED) is 0.372. The fourth-order valence-corrected chi connectivity index (χ4v) is 7.38. The average molecular weight is 389 g/mol. The Morgan fingerprint density at radius 1 is 0.885 bits per heavy atom. The molecule has 0 amide bonds. The lowest BCUT2D eigenvalue weighted by Crippen LogP contribution is -2.62. The van der Waals surface area contributed by atoms with E-state index in [0.717, 1.165) is 0 Å². The number of anilines is 3. The van der Waals surface area contributed by atoms with Gasteiger partial charge in [0.15, 0.2) is 0 Å². The van der Waals surface area contributed by atoms with Gasteiger partial charge in [0.2, 0.25) is 6.71 Å². The van der Waals surface area contributed by atoms with Gasteiger partial charge in [-0.05, 0) is 33.3 Å². The van der Waals surface area contributed by atoms with Crippen molar-refractivity contribution >= 4 is 74.2 Å². The molecule has 126 valence electrons. The zero-order valence-corrected chi connectivity index (χ0v) is 17.0. The number of nitrogens with zero attached hydrogens (tertiary/aromatic N) is 1. The summed E-state index contributed by atoms with van der Waals surface area (Å²) in [6.45, 7) is 5.13. The molecule has 2 aliphatic heterocycles. The molecular weight excluding hydrogens is 373 g/mol. The van der Waals surface area contributed by atoms with Crippen molar-refractivity contribution in [2.24, 2.45) is 0 Å². The molecule has 0 saturated heterocycles. The zero-order valence-electron chi connectivity index (χ0n) is 14.5. The number of hydrogen-bond acceptors (Lipinski definition) is 4. The van der Waals surface area contributed by atoms with Gasteiger partial charge in [0.1, 0.15) is 0 Å². The highest BCUT2D eigenvalue weighted by atomic mass is 32.1. The lowest BCUT2D eigenvalue weighted by atomic mass is 9.31. The third-order valence-corrected chi connectivity index (χ3v) is 8.57. The van der Waals surface area contributed by atoms with Crippen LogP contribution in [-0.2, 0) is 5.41 Å². The number of rotatable bonds is 1. The van der Waals surface area contributed by atoms with Gasteiger partial charge in [0.25, 0.3) is 0 Å². The lowest BCUT2D eigenvalue weighted by molar-refractivity contribution is 0.660. The summed E-state index contributed by atoms with van der Waals surface area (Å²) < 4.78 is 0. The van der Waals surface area contributed by atoms with Crippen LogP contribution in [0.4, 0.5) is 17.1 Å². The summed E-state index contributed by atoms with van der Waals surface area (Å²) in [5.41, 5.74) is 10.0. The number of fused-ring (bicyclic) bond motifs is 4. The molecule has 1 aromatic carbocycles. The van der Waals surface area contributed by atoms with E-state index >= 15 is 0 Å². The zero-order chi connectivity index (χ0) is 17.5. The topological polar surface area (TPSA) is 3.24 Å². The van der Waals surface area contributed by atoms with Gasteiger partial charge in [0, 0.05) is 26.4 Å². The monoisotopic (exact) mass is 389 g/mol. The number of hydrogen-bond donors (Lipinski definition) is 0. The van der Waals surface area contributed by atoms with Crippen LogP contribution in [0.25, 0.3) is 0 Å². The minimum atomic E-state index is 0.0547. The van der Waals surface area contributed by atoms with E-state index in [9.17, 15) is 0 Å². The Kier molecular flexibility index (Phi) is 3.01. The first-order chi connectivity index (χ1) is 12.7. The SMILES string of the molecule is CC1(C)c2ccccc2B2c3cscc3N(c3ccsc3)c3csc1c32. The predicted octanol–water partition coefficient (Wildman–Crippen LogP) is 4.81. The van der Waals surface area contributed by atoms with E-state index in [2.05, 4.69) is 76.0 Å². The van der Waals surface area contributed by atoms with Crippen molar-refractivity contribution < 1.29 is 0 Å². The van der Waals surface area contributed by atoms with Gasteiger partial charge in [-0.2, -0.15) is 22.7 Å². The second-order valence-corrected chi connectivity index (χ2v) is 9.94. The van der Waals surface area contributed by atoms with E-state index in [0.29, 0.717) is 6.71 Å². The van der Waals surface area contributed by atoms with Crippen molar-refractivity contribution in [3.63, 3.8) is 0 Å². The molecule has 6 rings (SSSR count). The molecule has 5 heterocycles. The smallest absolute Gasteiger partial charge is 0.249 e. The average Bonchev–Trinajstić information content (AvgIpc) is 3.39. The van der Waals surface area contributed by atoms with E-state index in [1.807, 2.05) is 22.7 Å². The third-order valence-electron chi connectivity index (χ3n) is 5.84. The van der Waals surface area contributed by atoms with E-state index in [1.165, 1.54) is 43.9 Å². The predicted molar refractivity (Wildman–Crippen MR) is 118 cm³/mol.